The zero-order chi connectivity index (χ0) is 19.0. The van der Waals surface area contributed by atoms with E-state index in [4.69, 9.17) is 4.18 Å². The van der Waals surface area contributed by atoms with Gasteiger partial charge in [0.15, 0.2) is 5.78 Å². The molecule has 0 spiro atoms. The number of hydrogen-bond donors (Lipinski definition) is 0. The van der Waals surface area contributed by atoms with Crippen LogP contribution in [0.25, 0.3) is 0 Å². The summed E-state index contributed by atoms with van der Waals surface area (Å²) in [6, 6.07) is 15.1. The maximum Gasteiger partial charge on any atom is 0.297 e. The summed E-state index contributed by atoms with van der Waals surface area (Å²) in [5.41, 5.74) is 1.42. The molecule has 5 heteroatoms. The summed E-state index contributed by atoms with van der Waals surface area (Å²) in [5, 5.41) is 0. The second-order valence-electron chi connectivity index (χ2n) is 6.43. The third-order valence-electron chi connectivity index (χ3n) is 4.22. The highest BCUT2D eigenvalue weighted by atomic mass is 32.2. The Morgan fingerprint density at radius 2 is 1.62 bits per heavy atom. The lowest BCUT2D eigenvalue weighted by atomic mass is 10.0. The van der Waals surface area contributed by atoms with Crippen LogP contribution >= 0.6 is 0 Å². The van der Waals surface area contributed by atoms with Gasteiger partial charge in [0.2, 0.25) is 0 Å². The fraction of sp³-hybridized carbons (Fsp3) is 0.381. The Bertz CT molecular complexity index is 796. The van der Waals surface area contributed by atoms with Gasteiger partial charge in [-0.05, 0) is 25.5 Å². The fourth-order valence-electron chi connectivity index (χ4n) is 2.68. The van der Waals surface area contributed by atoms with E-state index in [-0.39, 0.29) is 10.7 Å². The second-order valence-corrected chi connectivity index (χ2v) is 8.00. The van der Waals surface area contributed by atoms with E-state index >= 15 is 0 Å². The molecular weight excluding hydrogens is 348 g/mol. The van der Waals surface area contributed by atoms with E-state index < -0.39 is 16.2 Å². The number of carbonyl (C=O) groups is 1. The molecule has 140 valence electrons. The van der Waals surface area contributed by atoms with E-state index in [2.05, 4.69) is 6.92 Å². The maximum atomic E-state index is 12.8. The highest BCUT2D eigenvalue weighted by molar-refractivity contribution is 7.86. The molecule has 2 aromatic rings. The van der Waals surface area contributed by atoms with Gasteiger partial charge in [-0.15, -0.1) is 0 Å². The van der Waals surface area contributed by atoms with Crippen LogP contribution in [0.1, 0.15) is 54.9 Å². The van der Waals surface area contributed by atoms with Crippen LogP contribution in [0.5, 0.6) is 0 Å². The number of ketones is 1. The Morgan fingerprint density at radius 3 is 2.23 bits per heavy atom. The van der Waals surface area contributed by atoms with Gasteiger partial charge in [0.1, 0.15) is 6.10 Å². The van der Waals surface area contributed by atoms with E-state index in [1.807, 2.05) is 13.0 Å². The number of hydrogen-bond acceptors (Lipinski definition) is 4. The standard InChI is InChI=1S/C21H26O4S/c1-3-4-5-9-12-20(21(22)18-10-7-6-8-11-18)25-26(23,24)19-15-13-17(2)14-16-19/h6-8,10-11,13-16,20H,3-5,9,12H2,1-2H3/t20-/m1/s1. The minimum atomic E-state index is -3.99. The van der Waals surface area contributed by atoms with E-state index in [0.29, 0.717) is 12.0 Å². The molecule has 0 aliphatic carbocycles. The van der Waals surface area contributed by atoms with Crippen LogP contribution in [0, 0.1) is 6.92 Å². The minimum absolute atomic E-state index is 0.0718. The molecule has 2 rings (SSSR count). The summed E-state index contributed by atoms with van der Waals surface area (Å²) in [4.78, 5) is 12.9. The monoisotopic (exact) mass is 374 g/mol. The summed E-state index contributed by atoms with van der Waals surface area (Å²) in [7, 11) is -3.99. The van der Waals surface area contributed by atoms with Crippen LogP contribution < -0.4 is 0 Å². The zero-order valence-corrected chi connectivity index (χ0v) is 16.2. The number of carbonyl (C=O) groups excluding carboxylic acids is 1. The number of Topliss-reactive ketones (excluding diaryl/α,β-unsaturated/α-hetero) is 1. The highest BCUT2D eigenvalue weighted by Crippen LogP contribution is 2.21. The van der Waals surface area contributed by atoms with Gasteiger partial charge in [-0.1, -0.05) is 80.6 Å². The minimum Gasteiger partial charge on any atom is -0.291 e. The van der Waals surface area contributed by atoms with Crippen LogP contribution in [0.4, 0.5) is 0 Å². The van der Waals surface area contributed by atoms with E-state index in [0.717, 1.165) is 31.2 Å². The number of unbranched alkanes of at least 4 members (excludes halogenated alkanes) is 3. The first-order chi connectivity index (χ1) is 12.4. The smallest absolute Gasteiger partial charge is 0.291 e. The Morgan fingerprint density at radius 1 is 0.962 bits per heavy atom. The first kappa shape index (κ1) is 20.3. The van der Waals surface area contributed by atoms with Gasteiger partial charge in [-0.25, -0.2) is 0 Å². The molecule has 0 unspecified atom stereocenters. The zero-order valence-electron chi connectivity index (χ0n) is 15.4. The van der Waals surface area contributed by atoms with E-state index in [1.165, 1.54) is 12.1 Å². The van der Waals surface area contributed by atoms with Crippen molar-refractivity contribution in [3.05, 3.63) is 65.7 Å². The van der Waals surface area contributed by atoms with Crippen molar-refractivity contribution in [2.75, 3.05) is 0 Å². The molecule has 0 radical (unpaired) electrons. The third-order valence-corrected chi connectivity index (χ3v) is 5.56. The molecular formula is C21H26O4S. The van der Waals surface area contributed by atoms with Crippen LogP contribution in [-0.4, -0.2) is 20.3 Å². The summed E-state index contributed by atoms with van der Waals surface area (Å²) in [5.74, 6) is -0.294. The average Bonchev–Trinajstić information content (AvgIpc) is 2.64. The van der Waals surface area contributed by atoms with Crippen molar-refractivity contribution in [3.8, 4) is 0 Å². The Labute approximate surface area is 156 Å². The average molecular weight is 375 g/mol. The molecule has 0 heterocycles. The highest BCUT2D eigenvalue weighted by Gasteiger charge is 2.28. The van der Waals surface area contributed by atoms with Gasteiger partial charge in [0.05, 0.1) is 4.90 Å². The van der Waals surface area contributed by atoms with Gasteiger partial charge >= 0.3 is 0 Å². The third kappa shape index (κ3) is 5.78. The van der Waals surface area contributed by atoms with Crippen molar-refractivity contribution >= 4 is 15.9 Å². The molecule has 1 atom stereocenters. The van der Waals surface area contributed by atoms with Crippen LogP contribution in [-0.2, 0) is 14.3 Å². The van der Waals surface area contributed by atoms with Crippen molar-refractivity contribution in [3.63, 3.8) is 0 Å². The molecule has 0 bridgehead atoms. The lowest BCUT2D eigenvalue weighted by Crippen LogP contribution is -2.27. The van der Waals surface area contributed by atoms with Gasteiger partial charge < -0.3 is 0 Å². The van der Waals surface area contributed by atoms with Gasteiger partial charge in [-0.2, -0.15) is 8.42 Å². The van der Waals surface area contributed by atoms with Crippen molar-refractivity contribution in [2.24, 2.45) is 0 Å². The summed E-state index contributed by atoms with van der Waals surface area (Å²) < 4.78 is 30.6. The first-order valence-corrected chi connectivity index (χ1v) is 10.4. The van der Waals surface area contributed by atoms with Gasteiger partial charge in [0, 0.05) is 5.56 Å². The van der Waals surface area contributed by atoms with Crippen molar-refractivity contribution in [1.82, 2.24) is 0 Å². The van der Waals surface area contributed by atoms with Gasteiger partial charge in [0.25, 0.3) is 10.1 Å². The summed E-state index contributed by atoms with van der Waals surface area (Å²) >= 11 is 0. The number of aryl methyl sites for hydroxylation is 1. The number of benzene rings is 2. The molecule has 0 N–H and O–H groups in total. The van der Waals surface area contributed by atoms with E-state index in [9.17, 15) is 13.2 Å². The van der Waals surface area contributed by atoms with Crippen molar-refractivity contribution in [2.45, 2.75) is 57.0 Å². The fourth-order valence-corrected chi connectivity index (χ4v) is 3.75. The Hall–Kier alpha value is -1.98. The quantitative estimate of drug-likeness (QED) is 0.336. The number of rotatable bonds is 10. The molecule has 0 aromatic heterocycles. The van der Waals surface area contributed by atoms with Gasteiger partial charge in [-0.3, -0.25) is 8.98 Å². The predicted octanol–water partition coefficient (Wildman–Crippen LogP) is 4.92. The molecule has 0 saturated heterocycles. The summed E-state index contributed by atoms with van der Waals surface area (Å²) in [6.45, 7) is 3.98. The molecule has 0 aliphatic rings. The largest absolute Gasteiger partial charge is 0.297 e. The van der Waals surface area contributed by atoms with Crippen molar-refractivity contribution in [1.29, 1.82) is 0 Å². The molecule has 0 aliphatic heterocycles. The first-order valence-electron chi connectivity index (χ1n) is 9.03. The summed E-state index contributed by atoms with van der Waals surface area (Å²) in [6.07, 6.45) is 3.21. The Kier molecular flexibility index (Phi) is 7.54. The topological polar surface area (TPSA) is 60.4 Å². The molecule has 0 amide bonds. The maximum absolute atomic E-state index is 12.8. The molecule has 26 heavy (non-hydrogen) atoms. The van der Waals surface area contributed by atoms with Crippen LogP contribution in [0.15, 0.2) is 59.5 Å². The molecule has 4 nitrogen and oxygen atoms in total. The lowest BCUT2D eigenvalue weighted by molar-refractivity contribution is 0.0783. The SMILES string of the molecule is CCCCCC[C@@H](OS(=O)(=O)c1ccc(C)cc1)C(=O)c1ccccc1. The van der Waals surface area contributed by atoms with Crippen LogP contribution in [0.2, 0.25) is 0 Å². The Balaban J connectivity index is 2.19. The lowest BCUT2D eigenvalue weighted by Gasteiger charge is -2.17. The van der Waals surface area contributed by atoms with Crippen LogP contribution in [0.3, 0.4) is 0 Å². The predicted molar refractivity (Wildman–Crippen MR) is 103 cm³/mol. The van der Waals surface area contributed by atoms with Crippen molar-refractivity contribution < 1.29 is 17.4 Å². The second kappa shape index (κ2) is 9.64. The molecule has 2 aromatic carbocycles. The molecule has 0 fully saturated rings. The van der Waals surface area contributed by atoms with E-state index in [1.54, 1.807) is 36.4 Å². The normalized spacial score (nSPS) is 12.7. The molecule has 0 saturated carbocycles.